The van der Waals surface area contributed by atoms with Gasteiger partial charge < -0.3 is 5.32 Å². The maximum atomic E-state index is 13.3. The third kappa shape index (κ3) is 3.77. The summed E-state index contributed by atoms with van der Waals surface area (Å²) in [6.07, 6.45) is -2.29. The molecule has 2 rings (SSSR count). The number of rotatable bonds is 4. The first-order valence-electron chi connectivity index (χ1n) is 7.52. The average molecular weight is 300 g/mol. The van der Waals surface area contributed by atoms with Crippen LogP contribution in [-0.2, 0) is 6.18 Å². The lowest BCUT2D eigenvalue weighted by atomic mass is 9.83. The van der Waals surface area contributed by atoms with Crippen molar-refractivity contribution in [2.75, 3.05) is 26.7 Å². The summed E-state index contributed by atoms with van der Waals surface area (Å²) in [7, 11) is 1.93. The first-order chi connectivity index (χ1) is 9.95. The molecule has 0 aliphatic carbocycles. The molecule has 1 saturated heterocycles. The van der Waals surface area contributed by atoms with E-state index in [9.17, 15) is 13.2 Å². The largest absolute Gasteiger partial charge is 0.416 e. The van der Waals surface area contributed by atoms with E-state index in [1.807, 2.05) is 14.0 Å². The van der Waals surface area contributed by atoms with Gasteiger partial charge in [-0.15, -0.1) is 0 Å². The van der Waals surface area contributed by atoms with E-state index >= 15 is 0 Å². The molecular formula is C16H23F3N2. The van der Waals surface area contributed by atoms with Gasteiger partial charge in [0.05, 0.1) is 5.56 Å². The van der Waals surface area contributed by atoms with E-state index in [2.05, 4.69) is 10.2 Å². The fraction of sp³-hybridized carbons (Fsp3) is 0.625. The molecule has 5 heteroatoms. The molecule has 1 aromatic rings. The predicted molar refractivity (Wildman–Crippen MR) is 78.1 cm³/mol. The second-order valence-corrected chi connectivity index (χ2v) is 5.72. The fourth-order valence-corrected chi connectivity index (χ4v) is 3.31. The molecule has 1 heterocycles. The molecule has 1 aliphatic rings. The Morgan fingerprint density at radius 1 is 1.29 bits per heavy atom. The van der Waals surface area contributed by atoms with Gasteiger partial charge in [-0.05, 0) is 57.1 Å². The smallest absolute Gasteiger partial charge is 0.317 e. The van der Waals surface area contributed by atoms with E-state index in [1.165, 1.54) is 12.1 Å². The summed E-state index contributed by atoms with van der Waals surface area (Å²) in [5, 5.41) is 3.29. The van der Waals surface area contributed by atoms with Crippen molar-refractivity contribution < 1.29 is 13.2 Å². The zero-order chi connectivity index (χ0) is 15.5. The fourth-order valence-electron chi connectivity index (χ4n) is 3.31. The Bertz CT molecular complexity index is 459. The van der Waals surface area contributed by atoms with Gasteiger partial charge in [0.15, 0.2) is 0 Å². The van der Waals surface area contributed by atoms with Gasteiger partial charge in [0.25, 0.3) is 0 Å². The van der Waals surface area contributed by atoms with Gasteiger partial charge in [-0.1, -0.05) is 25.1 Å². The van der Waals surface area contributed by atoms with Crippen molar-refractivity contribution in [3.05, 3.63) is 35.4 Å². The number of halogens is 3. The molecule has 0 spiro atoms. The molecule has 21 heavy (non-hydrogen) atoms. The molecule has 2 nitrogen and oxygen atoms in total. The van der Waals surface area contributed by atoms with Gasteiger partial charge in [-0.25, -0.2) is 0 Å². The van der Waals surface area contributed by atoms with Crippen LogP contribution in [0.15, 0.2) is 24.3 Å². The molecule has 0 amide bonds. The zero-order valence-corrected chi connectivity index (χ0v) is 12.6. The van der Waals surface area contributed by atoms with Crippen molar-refractivity contribution in [1.29, 1.82) is 0 Å². The summed E-state index contributed by atoms with van der Waals surface area (Å²) in [5.41, 5.74) is -0.0830. The molecule has 0 aromatic heterocycles. The topological polar surface area (TPSA) is 15.3 Å². The Hall–Kier alpha value is -1.07. The van der Waals surface area contributed by atoms with E-state index in [1.54, 1.807) is 12.1 Å². The lowest BCUT2D eigenvalue weighted by Crippen LogP contribution is -2.41. The first-order valence-corrected chi connectivity index (χ1v) is 7.52. The van der Waals surface area contributed by atoms with Gasteiger partial charge >= 0.3 is 6.18 Å². The van der Waals surface area contributed by atoms with Crippen LogP contribution in [0.1, 0.15) is 36.9 Å². The SMILES string of the molecule is CCNCC1CCCN(C)C1c1ccccc1C(F)(F)F. The third-order valence-electron chi connectivity index (χ3n) is 4.25. The molecule has 1 N–H and O–H groups in total. The van der Waals surface area contributed by atoms with Crippen molar-refractivity contribution in [3.8, 4) is 0 Å². The van der Waals surface area contributed by atoms with Crippen molar-refractivity contribution in [2.45, 2.75) is 32.0 Å². The summed E-state index contributed by atoms with van der Waals surface area (Å²) in [6.45, 7) is 4.47. The zero-order valence-electron chi connectivity index (χ0n) is 12.6. The first kappa shape index (κ1) is 16.3. The van der Waals surface area contributed by atoms with Crippen LogP contribution in [0.4, 0.5) is 13.2 Å². The highest BCUT2D eigenvalue weighted by atomic mass is 19.4. The maximum Gasteiger partial charge on any atom is 0.416 e. The Morgan fingerprint density at radius 2 is 2.00 bits per heavy atom. The van der Waals surface area contributed by atoms with Crippen molar-refractivity contribution in [1.82, 2.24) is 10.2 Å². The molecule has 118 valence electrons. The molecule has 1 aliphatic heterocycles. The Kier molecular flexibility index (Phi) is 5.27. The number of piperidine rings is 1. The van der Waals surface area contributed by atoms with E-state index in [-0.39, 0.29) is 12.0 Å². The molecular weight excluding hydrogens is 277 g/mol. The summed E-state index contributed by atoms with van der Waals surface area (Å²) in [6, 6.07) is 5.83. The number of hydrogen-bond donors (Lipinski definition) is 1. The van der Waals surface area contributed by atoms with Gasteiger partial charge in [0.1, 0.15) is 0 Å². The number of benzene rings is 1. The highest BCUT2D eigenvalue weighted by molar-refractivity contribution is 5.33. The van der Waals surface area contributed by atoms with E-state index in [4.69, 9.17) is 0 Å². The van der Waals surface area contributed by atoms with Crippen LogP contribution in [0.25, 0.3) is 0 Å². The third-order valence-corrected chi connectivity index (χ3v) is 4.25. The van der Waals surface area contributed by atoms with Crippen molar-refractivity contribution >= 4 is 0 Å². The molecule has 2 unspecified atom stereocenters. The van der Waals surface area contributed by atoms with Crippen LogP contribution < -0.4 is 5.32 Å². The Balaban J connectivity index is 2.36. The highest BCUT2D eigenvalue weighted by Crippen LogP contribution is 2.41. The monoisotopic (exact) mass is 300 g/mol. The number of nitrogens with zero attached hydrogens (tertiary/aromatic N) is 1. The number of nitrogens with one attached hydrogen (secondary N) is 1. The number of alkyl halides is 3. The van der Waals surface area contributed by atoms with E-state index in [0.29, 0.717) is 5.56 Å². The van der Waals surface area contributed by atoms with Crippen molar-refractivity contribution in [3.63, 3.8) is 0 Å². The van der Waals surface area contributed by atoms with Crippen LogP contribution in [0, 0.1) is 5.92 Å². The second-order valence-electron chi connectivity index (χ2n) is 5.72. The van der Waals surface area contributed by atoms with Crippen LogP contribution in [0.5, 0.6) is 0 Å². The Morgan fingerprint density at radius 3 is 2.67 bits per heavy atom. The standard InChI is InChI=1S/C16H23F3N2/c1-3-20-11-12-7-6-10-21(2)15(12)13-8-4-5-9-14(13)16(17,18)19/h4-5,8-9,12,15,20H,3,6-7,10-11H2,1-2H3. The molecule has 1 aromatic carbocycles. The van der Waals surface area contributed by atoms with Gasteiger partial charge in [-0.3, -0.25) is 4.90 Å². The summed E-state index contributed by atoms with van der Waals surface area (Å²) in [5.74, 6) is 0.215. The quantitative estimate of drug-likeness (QED) is 0.912. The summed E-state index contributed by atoms with van der Waals surface area (Å²) in [4.78, 5) is 2.07. The molecule has 2 atom stereocenters. The van der Waals surface area contributed by atoms with Gasteiger partial charge in [0.2, 0.25) is 0 Å². The van der Waals surface area contributed by atoms with E-state index in [0.717, 1.165) is 32.5 Å². The highest BCUT2D eigenvalue weighted by Gasteiger charge is 2.39. The molecule has 0 bridgehead atoms. The maximum absolute atomic E-state index is 13.3. The van der Waals surface area contributed by atoms with Crippen LogP contribution >= 0.6 is 0 Å². The second kappa shape index (κ2) is 6.79. The molecule has 1 fully saturated rings. The minimum Gasteiger partial charge on any atom is -0.317 e. The van der Waals surface area contributed by atoms with Crippen LogP contribution in [0.3, 0.4) is 0 Å². The van der Waals surface area contributed by atoms with Gasteiger partial charge in [-0.2, -0.15) is 13.2 Å². The predicted octanol–water partition coefficient (Wildman–Crippen LogP) is 3.70. The van der Waals surface area contributed by atoms with Crippen LogP contribution in [0.2, 0.25) is 0 Å². The average Bonchev–Trinajstić information content (AvgIpc) is 2.44. The minimum atomic E-state index is -4.29. The number of likely N-dealkylation sites (tertiary alicyclic amines) is 1. The minimum absolute atomic E-state index is 0.171. The molecule has 0 saturated carbocycles. The van der Waals surface area contributed by atoms with Crippen LogP contribution in [-0.4, -0.2) is 31.6 Å². The normalized spacial score (nSPS) is 24.2. The lowest BCUT2D eigenvalue weighted by molar-refractivity contribution is -0.139. The summed E-state index contributed by atoms with van der Waals surface area (Å²) >= 11 is 0. The number of hydrogen-bond acceptors (Lipinski definition) is 2. The summed E-state index contributed by atoms with van der Waals surface area (Å²) < 4.78 is 39.8. The van der Waals surface area contributed by atoms with E-state index < -0.39 is 11.7 Å². The Labute approximate surface area is 124 Å². The lowest BCUT2D eigenvalue weighted by Gasteiger charge is -2.40. The van der Waals surface area contributed by atoms with Crippen molar-refractivity contribution in [2.24, 2.45) is 5.92 Å². The van der Waals surface area contributed by atoms with Gasteiger partial charge in [0, 0.05) is 6.04 Å². The molecule has 0 radical (unpaired) electrons.